The third-order valence-electron chi connectivity index (χ3n) is 8.12. The van der Waals surface area contributed by atoms with E-state index in [9.17, 15) is 9.59 Å². The summed E-state index contributed by atoms with van der Waals surface area (Å²) in [6, 6.07) is 8.66. The number of fused-ring (bicyclic) bond motifs is 2. The molecule has 2 N–H and O–H groups in total. The van der Waals surface area contributed by atoms with Crippen LogP contribution in [0.5, 0.6) is 0 Å². The number of allylic oxidation sites excluding steroid dienone is 2. The monoisotopic (exact) mass is 488 g/mol. The van der Waals surface area contributed by atoms with Crippen molar-refractivity contribution in [3.63, 3.8) is 0 Å². The third-order valence-corrected chi connectivity index (χ3v) is 8.12. The van der Waals surface area contributed by atoms with Crippen LogP contribution in [0.3, 0.4) is 0 Å². The molecular formula is C30H40N4O2. The average Bonchev–Trinajstić information content (AvgIpc) is 3.68. The lowest BCUT2D eigenvalue weighted by Gasteiger charge is -2.40. The Balaban J connectivity index is 1.40. The number of piperidine rings is 1. The standard InChI is InChI=1S/C30H40N4O2/c1-3-34(24-14-16-33(17-15-24)20-22-12-13-22)28-11-7-10-26-25(28)9-6-4-5-8-23-18-21(2)32-30(36)27(23)19-31-29(26)35/h4,6-7,10-11,18,22,24H,3,5,8-9,12-17,19-20H2,1-2H3,(H,31,35)(H,32,36)/b6-4-. The predicted octanol–water partition coefficient (Wildman–Crippen LogP) is 4.36. The van der Waals surface area contributed by atoms with Crippen LogP contribution in [0.1, 0.15) is 71.8 Å². The molecule has 0 bridgehead atoms. The SMILES string of the molecule is CCN(c1cccc2c1C/C=C\CCc1cc(C)[nH]c(=O)c1CNC2=O)C1CCN(CC2CC2)CC1. The fraction of sp³-hybridized carbons (Fsp3) is 0.533. The van der Waals surface area contributed by atoms with Crippen LogP contribution >= 0.6 is 0 Å². The first-order valence-electron chi connectivity index (χ1n) is 13.8. The Kier molecular flexibility index (Phi) is 7.61. The molecular weight excluding hydrogens is 448 g/mol. The summed E-state index contributed by atoms with van der Waals surface area (Å²) >= 11 is 0. The minimum Gasteiger partial charge on any atom is -0.368 e. The van der Waals surface area contributed by atoms with Gasteiger partial charge >= 0.3 is 0 Å². The van der Waals surface area contributed by atoms with Crippen molar-refractivity contribution in [2.45, 2.75) is 71.4 Å². The number of nitrogens with zero attached hydrogens (tertiary/aromatic N) is 2. The normalized spacial score (nSPS) is 20.4. The Morgan fingerprint density at radius 1 is 1.06 bits per heavy atom. The molecule has 2 aromatic rings. The van der Waals surface area contributed by atoms with Crippen molar-refractivity contribution >= 4 is 11.6 Å². The molecule has 2 fully saturated rings. The lowest BCUT2D eigenvalue weighted by Crippen LogP contribution is -2.46. The zero-order valence-corrected chi connectivity index (χ0v) is 21.8. The van der Waals surface area contributed by atoms with E-state index in [1.54, 1.807) is 0 Å². The molecule has 1 aromatic carbocycles. The van der Waals surface area contributed by atoms with E-state index in [1.165, 1.54) is 51.0 Å². The number of hydrogen-bond acceptors (Lipinski definition) is 4. The largest absolute Gasteiger partial charge is 0.368 e. The molecule has 1 saturated carbocycles. The topological polar surface area (TPSA) is 68.4 Å². The number of benzene rings is 1. The highest BCUT2D eigenvalue weighted by Crippen LogP contribution is 2.33. The summed E-state index contributed by atoms with van der Waals surface area (Å²) in [5.74, 6) is 0.831. The van der Waals surface area contributed by atoms with Gasteiger partial charge in [0.2, 0.25) is 0 Å². The van der Waals surface area contributed by atoms with Crippen LogP contribution in [0.4, 0.5) is 5.69 Å². The number of rotatable bonds is 5. The fourth-order valence-corrected chi connectivity index (χ4v) is 6.00. The van der Waals surface area contributed by atoms with E-state index in [-0.39, 0.29) is 18.0 Å². The lowest BCUT2D eigenvalue weighted by atomic mass is 9.95. The van der Waals surface area contributed by atoms with Crippen molar-refractivity contribution in [3.05, 3.63) is 74.7 Å². The lowest BCUT2D eigenvalue weighted by molar-refractivity contribution is 0.0950. The van der Waals surface area contributed by atoms with Gasteiger partial charge in [-0.25, -0.2) is 0 Å². The fourth-order valence-electron chi connectivity index (χ4n) is 6.00. The molecule has 1 aromatic heterocycles. The van der Waals surface area contributed by atoms with E-state index >= 15 is 0 Å². The number of carbonyl (C=O) groups is 1. The van der Waals surface area contributed by atoms with Crippen LogP contribution in [-0.4, -0.2) is 48.0 Å². The second kappa shape index (κ2) is 11.0. The molecule has 0 unspecified atom stereocenters. The minimum absolute atomic E-state index is 0.106. The van der Waals surface area contributed by atoms with Gasteiger partial charge < -0.3 is 20.1 Å². The van der Waals surface area contributed by atoms with Gasteiger partial charge in [-0.3, -0.25) is 9.59 Å². The maximum Gasteiger partial charge on any atom is 0.253 e. The number of nitrogens with one attached hydrogen (secondary N) is 2. The molecule has 3 aliphatic rings. The summed E-state index contributed by atoms with van der Waals surface area (Å²) in [5, 5.41) is 3.06. The van der Waals surface area contributed by atoms with Gasteiger partial charge in [0.1, 0.15) is 0 Å². The van der Waals surface area contributed by atoms with Crippen molar-refractivity contribution in [1.82, 2.24) is 15.2 Å². The molecule has 3 heterocycles. The smallest absolute Gasteiger partial charge is 0.253 e. The Labute approximate surface area is 214 Å². The van der Waals surface area contributed by atoms with E-state index < -0.39 is 0 Å². The number of hydrogen-bond donors (Lipinski definition) is 2. The number of pyridine rings is 1. The number of carbonyl (C=O) groups excluding carboxylic acids is 1. The first kappa shape index (κ1) is 24.8. The van der Waals surface area contributed by atoms with Crippen LogP contribution in [0.15, 0.2) is 41.2 Å². The summed E-state index contributed by atoms with van der Waals surface area (Å²) in [7, 11) is 0. The molecule has 0 spiro atoms. The summed E-state index contributed by atoms with van der Waals surface area (Å²) in [6.07, 6.45) is 12.0. The Hall–Kier alpha value is -2.86. The molecule has 2 aliphatic heterocycles. The maximum atomic E-state index is 13.4. The molecule has 192 valence electrons. The Bertz CT molecular complexity index is 1170. The number of anilines is 1. The third kappa shape index (κ3) is 5.59. The first-order valence-corrected chi connectivity index (χ1v) is 13.8. The number of aryl methyl sites for hydroxylation is 2. The number of amides is 1. The predicted molar refractivity (Wildman–Crippen MR) is 146 cm³/mol. The van der Waals surface area contributed by atoms with E-state index in [4.69, 9.17) is 0 Å². The van der Waals surface area contributed by atoms with Crippen LogP contribution in [0.2, 0.25) is 0 Å². The van der Waals surface area contributed by atoms with Gasteiger partial charge in [0.25, 0.3) is 11.5 Å². The molecule has 1 amide bonds. The van der Waals surface area contributed by atoms with Crippen LogP contribution in [-0.2, 0) is 19.4 Å². The summed E-state index contributed by atoms with van der Waals surface area (Å²) in [6.45, 7) is 8.91. The Morgan fingerprint density at radius 2 is 1.86 bits per heavy atom. The second-order valence-electron chi connectivity index (χ2n) is 10.7. The second-order valence-corrected chi connectivity index (χ2v) is 10.7. The molecule has 6 heteroatoms. The molecule has 0 atom stereocenters. The van der Waals surface area contributed by atoms with Crippen molar-refractivity contribution in [2.75, 3.05) is 31.1 Å². The number of aromatic nitrogens is 1. The molecule has 6 nitrogen and oxygen atoms in total. The minimum atomic E-state index is -0.109. The van der Waals surface area contributed by atoms with Crippen molar-refractivity contribution in [1.29, 1.82) is 0 Å². The van der Waals surface area contributed by atoms with E-state index in [0.717, 1.165) is 48.5 Å². The number of H-pyrrole nitrogens is 1. The summed E-state index contributed by atoms with van der Waals surface area (Å²) < 4.78 is 0. The van der Waals surface area contributed by atoms with Gasteiger partial charge in [-0.2, -0.15) is 0 Å². The first-order chi connectivity index (χ1) is 17.5. The van der Waals surface area contributed by atoms with Crippen LogP contribution in [0.25, 0.3) is 0 Å². The highest BCUT2D eigenvalue weighted by atomic mass is 16.1. The highest BCUT2D eigenvalue weighted by molar-refractivity contribution is 5.97. The van der Waals surface area contributed by atoms with Crippen LogP contribution in [0, 0.1) is 12.8 Å². The average molecular weight is 489 g/mol. The summed E-state index contributed by atoms with van der Waals surface area (Å²) in [5.41, 5.74) is 5.41. The molecule has 36 heavy (non-hydrogen) atoms. The molecule has 5 rings (SSSR count). The highest BCUT2D eigenvalue weighted by Gasteiger charge is 2.30. The van der Waals surface area contributed by atoms with Crippen LogP contribution < -0.4 is 15.8 Å². The van der Waals surface area contributed by atoms with Gasteiger partial charge in [-0.1, -0.05) is 18.2 Å². The van der Waals surface area contributed by atoms with E-state index in [2.05, 4.69) is 45.2 Å². The quantitative estimate of drug-likeness (QED) is 0.614. The zero-order valence-electron chi connectivity index (χ0n) is 21.8. The molecule has 1 saturated heterocycles. The van der Waals surface area contributed by atoms with E-state index in [1.807, 2.05) is 25.1 Å². The van der Waals surface area contributed by atoms with Gasteiger partial charge in [0, 0.05) is 61.3 Å². The number of aromatic amines is 1. The van der Waals surface area contributed by atoms with Crippen molar-refractivity contribution < 1.29 is 4.79 Å². The van der Waals surface area contributed by atoms with E-state index in [0.29, 0.717) is 17.2 Å². The summed E-state index contributed by atoms with van der Waals surface area (Å²) in [4.78, 5) is 34.2. The van der Waals surface area contributed by atoms with Crippen molar-refractivity contribution in [2.24, 2.45) is 5.92 Å². The van der Waals surface area contributed by atoms with Gasteiger partial charge in [-0.15, -0.1) is 0 Å². The Morgan fingerprint density at radius 3 is 2.61 bits per heavy atom. The zero-order chi connectivity index (χ0) is 25.1. The molecule has 0 radical (unpaired) electrons. The van der Waals surface area contributed by atoms with Gasteiger partial charge in [0.05, 0.1) is 0 Å². The number of likely N-dealkylation sites (tertiary alicyclic amines) is 1. The van der Waals surface area contributed by atoms with Crippen molar-refractivity contribution in [3.8, 4) is 0 Å². The maximum absolute atomic E-state index is 13.4. The van der Waals surface area contributed by atoms with Gasteiger partial charge in [-0.05, 0) is 94.0 Å². The van der Waals surface area contributed by atoms with Gasteiger partial charge in [0.15, 0.2) is 0 Å². The molecule has 1 aliphatic carbocycles.